The Hall–Kier alpha value is -2.01. The molecule has 0 aliphatic carbocycles. The summed E-state index contributed by atoms with van der Waals surface area (Å²) in [7, 11) is 0. The minimum atomic E-state index is -0.241. The van der Waals surface area contributed by atoms with Crippen LogP contribution in [-0.4, -0.2) is 27.7 Å². The van der Waals surface area contributed by atoms with E-state index in [-0.39, 0.29) is 11.6 Å². The van der Waals surface area contributed by atoms with Crippen molar-refractivity contribution in [3.8, 4) is 0 Å². The van der Waals surface area contributed by atoms with Crippen molar-refractivity contribution in [1.29, 1.82) is 0 Å². The first kappa shape index (κ1) is 11.8. The third kappa shape index (κ3) is 1.50. The van der Waals surface area contributed by atoms with Crippen LogP contribution in [0.4, 0.5) is 5.69 Å². The van der Waals surface area contributed by atoms with Crippen LogP contribution in [0.3, 0.4) is 0 Å². The summed E-state index contributed by atoms with van der Waals surface area (Å²) >= 11 is 0. The molecule has 4 rings (SSSR count). The van der Waals surface area contributed by atoms with Gasteiger partial charge in [-0.2, -0.15) is 0 Å². The van der Waals surface area contributed by atoms with Gasteiger partial charge in [0, 0.05) is 35.8 Å². The number of aromatic nitrogens is 2. The second kappa shape index (κ2) is 3.99. The maximum atomic E-state index is 12.1. The number of rotatable bonds is 1. The zero-order chi connectivity index (χ0) is 13.9. The quantitative estimate of drug-likeness (QED) is 0.852. The third-order valence-corrected chi connectivity index (χ3v) is 4.32. The van der Waals surface area contributed by atoms with Gasteiger partial charge in [0.1, 0.15) is 0 Å². The molecule has 0 radical (unpaired) electrons. The average molecular weight is 268 g/mol. The molecule has 102 valence electrons. The maximum Gasteiger partial charge on any atom is 0.296 e. The maximum absolute atomic E-state index is 12.1. The van der Waals surface area contributed by atoms with E-state index >= 15 is 0 Å². The summed E-state index contributed by atoms with van der Waals surface area (Å²) in [5.41, 5.74) is 2.89. The van der Waals surface area contributed by atoms with E-state index in [1.807, 2.05) is 18.2 Å². The van der Waals surface area contributed by atoms with Crippen molar-refractivity contribution < 1.29 is 0 Å². The smallest absolute Gasteiger partial charge is 0.296 e. The summed E-state index contributed by atoms with van der Waals surface area (Å²) in [5.74, 6) is 0. The minimum absolute atomic E-state index is 0.210. The van der Waals surface area contributed by atoms with E-state index < -0.39 is 0 Å². The molecular formula is C15H16N4O. The molecule has 1 atom stereocenters. The summed E-state index contributed by atoms with van der Waals surface area (Å²) in [6.45, 7) is 6.06. The fourth-order valence-electron chi connectivity index (χ4n) is 3.27. The van der Waals surface area contributed by atoms with Gasteiger partial charge >= 0.3 is 0 Å². The molecule has 3 heterocycles. The van der Waals surface area contributed by atoms with Crippen molar-refractivity contribution in [2.75, 3.05) is 11.9 Å². The fraction of sp³-hybridized carbons (Fsp3) is 0.400. The highest BCUT2D eigenvalue weighted by Crippen LogP contribution is 2.41. The number of nitrogens with one attached hydrogen (secondary N) is 1. The first-order chi connectivity index (χ1) is 9.65. The first-order valence-electron chi connectivity index (χ1n) is 6.98. The molecule has 0 saturated carbocycles. The number of nitrogens with zero attached hydrogens (tertiary/aromatic N) is 3. The number of hydrogen-bond donors (Lipinski definition) is 1. The van der Waals surface area contributed by atoms with Gasteiger partial charge in [-0.3, -0.25) is 9.69 Å². The average Bonchev–Trinajstić information content (AvgIpc) is 2.74. The van der Waals surface area contributed by atoms with Crippen LogP contribution >= 0.6 is 0 Å². The lowest BCUT2D eigenvalue weighted by Crippen LogP contribution is -2.39. The highest BCUT2D eigenvalue weighted by atomic mass is 16.1. The summed E-state index contributed by atoms with van der Waals surface area (Å²) in [6, 6.07) is 6.43. The van der Waals surface area contributed by atoms with Crippen molar-refractivity contribution in [2.45, 2.75) is 32.5 Å². The van der Waals surface area contributed by atoms with Gasteiger partial charge < -0.3 is 5.32 Å². The van der Waals surface area contributed by atoms with E-state index in [9.17, 15) is 4.79 Å². The third-order valence-electron chi connectivity index (χ3n) is 4.32. The van der Waals surface area contributed by atoms with Crippen LogP contribution in [0.15, 0.2) is 23.0 Å². The molecule has 0 spiro atoms. The molecule has 0 fully saturated rings. The second-order valence-corrected chi connectivity index (χ2v) is 5.81. The first-order valence-corrected chi connectivity index (χ1v) is 6.98. The lowest BCUT2D eigenvalue weighted by atomic mass is 9.98. The van der Waals surface area contributed by atoms with Gasteiger partial charge in [-0.1, -0.05) is 6.07 Å². The normalized spacial score (nSPS) is 20.4. The Morgan fingerprint density at radius 1 is 1.35 bits per heavy atom. The Labute approximate surface area is 116 Å². The van der Waals surface area contributed by atoms with E-state index in [4.69, 9.17) is 0 Å². The predicted molar refractivity (Wildman–Crippen MR) is 77.7 cm³/mol. The van der Waals surface area contributed by atoms with E-state index in [1.165, 1.54) is 5.56 Å². The second-order valence-electron chi connectivity index (χ2n) is 5.81. The van der Waals surface area contributed by atoms with Crippen LogP contribution in [-0.2, 0) is 6.54 Å². The summed E-state index contributed by atoms with van der Waals surface area (Å²) in [4.78, 5) is 14.5. The molecule has 1 unspecified atom stereocenters. The Balaban J connectivity index is 2.05. The summed E-state index contributed by atoms with van der Waals surface area (Å²) in [5, 5.41) is 13.3. The minimum Gasteiger partial charge on any atom is -0.376 e. The Kier molecular flexibility index (Phi) is 2.35. The zero-order valence-corrected chi connectivity index (χ0v) is 11.6. The molecule has 1 aromatic carbocycles. The van der Waals surface area contributed by atoms with Crippen LogP contribution in [0.5, 0.6) is 0 Å². The van der Waals surface area contributed by atoms with E-state index in [1.54, 1.807) is 0 Å². The SMILES string of the molecule is CC(C)N1Cc2nnc(=O)c3cccc4c3c2C(C1)N4. The van der Waals surface area contributed by atoms with Crippen LogP contribution in [0.1, 0.15) is 31.1 Å². The van der Waals surface area contributed by atoms with E-state index in [0.717, 1.165) is 29.9 Å². The Morgan fingerprint density at radius 2 is 2.20 bits per heavy atom. The monoisotopic (exact) mass is 268 g/mol. The molecule has 2 aromatic rings. The highest BCUT2D eigenvalue weighted by Gasteiger charge is 2.34. The molecule has 5 heteroatoms. The van der Waals surface area contributed by atoms with Crippen LogP contribution in [0, 0.1) is 0 Å². The highest BCUT2D eigenvalue weighted by molar-refractivity contribution is 5.99. The molecule has 0 amide bonds. The fourth-order valence-corrected chi connectivity index (χ4v) is 3.27. The lowest BCUT2D eigenvalue weighted by molar-refractivity contribution is 0.188. The lowest BCUT2D eigenvalue weighted by Gasteiger charge is -2.34. The van der Waals surface area contributed by atoms with Gasteiger partial charge in [0.15, 0.2) is 0 Å². The van der Waals surface area contributed by atoms with Gasteiger partial charge in [-0.05, 0) is 26.0 Å². The molecule has 0 bridgehead atoms. The van der Waals surface area contributed by atoms with Crippen molar-refractivity contribution >= 4 is 16.5 Å². The van der Waals surface area contributed by atoms with Gasteiger partial charge in [0.2, 0.25) is 0 Å². The molecule has 2 aliphatic heterocycles. The standard InChI is InChI=1S/C15H16N4O/c1-8(2)19-6-11-14-12(7-19)17-18-15(20)9-4-3-5-10(16-11)13(9)14/h3-5,8,11,16H,6-7H2,1-2H3. The topological polar surface area (TPSA) is 58.1 Å². The molecule has 1 aromatic heterocycles. The summed E-state index contributed by atoms with van der Waals surface area (Å²) in [6.07, 6.45) is 0. The number of anilines is 1. The molecule has 0 saturated heterocycles. The zero-order valence-electron chi connectivity index (χ0n) is 11.6. The number of hydrogen-bond acceptors (Lipinski definition) is 5. The Bertz CT molecular complexity index is 772. The van der Waals surface area contributed by atoms with Crippen molar-refractivity contribution in [3.05, 3.63) is 39.8 Å². The predicted octanol–water partition coefficient (Wildman–Crippen LogP) is 1.68. The molecular weight excluding hydrogens is 252 g/mol. The molecule has 2 aliphatic rings. The summed E-state index contributed by atoms with van der Waals surface area (Å²) < 4.78 is 0. The van der Waals surface area contributed by atoms with Crippen molar-refractivity contribution in [3.63, 3.8) is 0 Å². The number of benzene rings is 1. The van der Waals surface area contributed by atoms with Crippen LogP contribution < -0.4 is 10.9 Å². The molecule has 1 N–H and O–H groups in total. The largest absolute Gasteiger partial charge is 0.376 e. The van der Waals surface area contributed by atoms with E-state index in [2.05, 4.69) is 34.3 Å². The van der Waals surface area contributed by atoms with Crippen LogP contribution in [0.25, 0.3) is 10.8 Å². The van der Waals surface area contributed by atoms with Crippen molar-refractivity contribution in [2.24, 2.45) is 0 Å². The van der Waals surface area contributed by atoms with Crippen LogP contribution in [0.2, 0.25) is 0 Å². The molecule has 5 nitrogen and oxygen atoms in total. The van der Waals surface area contributed by atoms with Gasteiger partial charge in [-0.15, -0.1) is 10.2 Å². The van der Waals surface area contributed by atoms with E-state index in [0.29, 0.717) is 11.4 Å². The van der Waals surface area contributed by atoms with Gasteiger partial charge in [0.25, 0.3) is 5.56 Å². The molecule has 20 heavy (non-hydrogen) atoms. The van der Waals surface area contributed by atoms with Gasteiger partial charge in [-0.25, -0.2) is 0 Å². The van der Waals surface area contributed by atoms with Gasteiger partial charge in [0.05, 0.1) is 17.1 Å². The Morgan fingerprint density at radius 3 is 3.00 bits per heavy atom. The van der Waals surface area contributed by atoms with Crippen molar-refractivity contribution in [1.82, 2.24) is 15.1 Å².